The van der Waals surface area contributed by atoms with Crippen molar-refractivity contribution in [1.29, 1.82) is 0 Å². The molecule has 1 saturated heterocycles. The predicted octanol–water partition coefficient (Wildman–Crippen LogP) is 1.000. The van der Waals surface area contributed by atoms with Crippen molar-refractivity contribution in [2.75, 3.05) is 37.1 Å². The molecule has 2 rings (SSSR count). The van der Waals surface area contributed by atoms with E-state index in [1.54, 1.807) is 7.11 Å². The average molecular weight is 287 g/mol. The number of methoxy groups -OCH3 is 1. The second-order valence-corrected chi connectivity index (χ2v) is 7.17. The highest BCUT2D eigenvalue weighted by molar-refractivity contribution is 7.91. The quantitative estimate of drug-likeness (QED) is 0.818. The monoisotopic (exact) mass is 287 g/mol. The number of aromatic nitrogens is 2. The molecule has 0 saturated carbocycles. The van der Waals surface area contributed by atoms with Gasteiger partial charge in [-0.25, -0.2) is 13.4 Å². The molecule has 1 atom stereocenters. The lowest BCUT2D eigenvalue weighted by Crippen LogP contribution is -2.28. The lowest BCUT2D eigenvalue weighted by Gasteiger charge is -2.24. The van der Waals surface area contributed by atoms with Gasteiger partial charge in [-0.05, 0) is 19.8 Å². The maximum absolute atomic E-state index is 11.7. The smallest absolute Gasteiger partial charge is 0.203 e. The first kappa shape index (κ1) is 14.3. The molecule has 6 nitrogen and oxygen atoms in total. The number of hydrogen-bond acceptors (Lipinski definition) is 5. The van der Waals surface area contributed by atoms with Gasteiger partial charge in [-0.1, -0.05) is 0 Å². The Kier molecular flexibility index (Phi) is 4.46. The molecule has 0 aliphatic carbocycles. The van der Waals surface area contributed by atoms with Gasteiger partial charge >= 0.3 is 0 Å². The van der Waals surface area contributed by atoms with Crippen LogP contribution in [0.4, 0.5) is 5.95 Å². The van der Waals surface area contributed by atoms with Crippen molar-refractivity contribution in [2.45, 2.75) is 25.8 Å². The van der Waals surface area contributed by atoms with Crippen LogP contribution in [0.1, 0.15) is 24.6 Å². The maximum Gasteiger partial charge on any atom is 0.203 e. The third kappa shape index (κ3) is 3.70. The zero-order valence-corrected chi connectivity index (χ0v) is 12.2. The number of rotatable bonds is 5. The molecule has 0 bridgehead atoms. The number of ether oxygens (including phenoxy) is 1. The molecule has 1 aliphatic heterocycles. The fourth-order valence-corrected chi connectivity index (χ4v) is 4.09. The Morgan fingerprint density at radius 1 is 1.58 bits per heavy atom. The molecular formula is C12H21N3O3S. The van der Waals surface area contributed by atoms with Crippen LogP contribution in [-0.4, -0.2) is 49.7 Å². The molecule has 1 aliphatic rings. The largest absolute Gasteiger partial charge is 0.383 e. The summed E-state index contributed by atoms with van der Waals surface area (Å²) < 4.78 is 30.4. The van der Waals surface area contributed by atoms with E-state index in [4.69, 9.17) is 4.74 Å². The summed E-state index contributed by atoms with van der Waals surface area (Å²) in [5, 5.41) is 3.19. The molecule has 2 heterocycles. The molecule has 1 aromatic rings. The molecule has 19 heavy (non-hydrogen) atoms. The van der Waals surface area contributed by atoms with Crippen LogP contribution in [0.3, 0.4) is 0 Å². The SMILES string of the molecule is COCCNc1nc(C)cn1C1CCCS(=O)(=O)C1. The lowest BCUT2D eigenvalue weighted by atomic mass is 10.2. The van der Waals surface area contributed by atoms with E-state index in [0.717, 1.165) is 24.5 Å². The van der Waals surface area contributed by atoms with Gasteiger partial charge in [0, 0.05) is 19.9 Å². The van der Waals surface area contributed by atoms with E-state index in [0.29, 0.717) is 18.9 Å². The van der Waals surface area contributed by atoms with Crippen LogP contribution in [-0.2, 0) is 14.6 Å². The Labute approximate surface area is 114 Å². The minimum Gasteiger partial charge on any atom is -0.383 e. The molecule has 1 N–H and O–H groups in total. The molecule has 0 radical (unpaired) electrons. The van der Waals surface area contributed by atoms with E-state index in [1.165, 1.54) is 0 Å². The summed E-state index contributed by atoms with van der Waals surface area (Å²) >= 11 is 0. The minimum atomic E-state index is -2.91. The van der Waals surface area contributed by atoms with Crippen molar-refractivity contribution in [3.8, 4) is 0 Å². The fourth-order valence-electron chi connectivity index (χ4n) is 2.41. The number of hydrogen-bond donors (Lipinski definition) is 1. The lowest BCUT2D eigenvalue weighted by molar-refractivity contribution is 0.210. The van der Waals surface area contributed by atoms with Crippen molar-refractivity contribution in [3.63, 3.8) is 0 Å². The van der Waals surface area contributed by atoms with E-state index in [9.17, 15) is 8.42 Å². The van der Waals surface area contributed by atoms with Crippen molar-refractivity contribution in [2.24, 2.45) is 0 Å². The van der Waals surface area contributed by atoms with E-state index >= 15 is 0 Å². The number of anilines is 1. The molecule has 1 fully saturated rings. The summed E-state index contributed by atoms with van der Waals surface area (Å²) in [5.41, 5.74) is 0.892. The average Bonchev–Trinajstić information content (AvgIpc) is 2.70. The van der Waals surface area contributed by atoms with E-state index in [2.05, 4.69) is 10.3 Å². The van der Waals surface area contributed by atoms with Gasteiger partial charge in [0.25, 0.3) is 0 Å². The highest BCUT2D eigenvalue weighted by Crippen LogP contribution is 2.26. The number of sulfone groups is 1. The summed E-state index contributed by atoms with van der Waals surface area (Å²) in [5.74, 6) is 1.25. The number of imidazole rings is 1. The first-order valence-electron chi connectivity index (χ1n) is 6.50. The molecule has 7 heteroatoms. The molecular weight excluding hydrogens is 266 g/mol. The van der Waals surface area contributed by atoms with Gasteiger partial charge in [-0.3, -0.25) is 0 Å². The van der Waals surface area contributed by atoms with Crippen LogP contribution >= 0.6 is 0 Å². The van der Waals surface area contributed by atoms with Crippen molar-refractivity contribution in [1.82, 2.24) is 9.55 Å². The first-order valence-corrected chi connectivity index (χ1v) is 8.32. The Balaban J connectivity index is 2.14. The number of nitrogens with zero attached hydrogens (tertiary/aromatic N) is 2. The van der Waals surface area contributed by atoms with Gasteiger partial charge in [-0.15, -0.1) is 0 Å². The predicted molar refractivity (Wildman–Crippen MR) is 74.3 cm³/mol. The van der Waals surface area contributed by atoms with Crippen LogP contribution in [0.5, 0.6) is 0 Å². The zero-order valence-electron chi connectivity index (χ0n) is 11.4. The van der Waals surface area contributed by atoms with Gasteiger partial charge in [0.05, 0.1) is 29.8 Å². The van der Waals surface area contributed by atoms with Crippen LogP contribution in [0, 0.1) is 6.92 Å². The second-order valence-electron chi connectivity index (χ2n) is 4.94. The fraction of sp³-hybridized carbons (Fsp3) is 0.750. The summed E-state index contributed by atoms with van der Waals surface area (Å²) in [7, 11) is -1.27. The Bertz CT molecular complexity index is 524. The normalized spacial score (nSPS) is 22.3. The Morgan fingerprint density at radius 3 is 3.05 bits per heavy atom. The van der Waals surface area contributed by atoms with Gasteiger partial charge in [0.1, 0.15) is 0 Å². The topological polar surface area (TPSA) is 73.2 Å². The second kappa shape index (κ2) is 5.92. The standard InChI is InChI=1S/C12H21N3O3S/c1-10-8-15(12(14-10)13-5-6-18-2)11-4-3-7-19(16,17)9-11/h8,11H,3-7,9H2,1-2H3,(H,13,14). The molecule has 0 aromatic carbocycles. The maximum atomic E-state index is 11.7. The third-order valence-corrected chi connectivity index (χ3v) is 5.08. The molecule has 1 aromatic heterocycles. The van der Waals surface area contributed by atoms with E-state index in [1.807, 2.05) is 17.7 Å². The van der Waals surface area contributed by atoms with Crippen LogP contribution < -0.4 is 5.32 Å². The zero-order chi connectivity index (χ0) is 13.9. The van der Waals surface area contributed by atoms with E-state index in [-0.39, 0.29) is 11.8 Å². The summed E-state index contributed by atoms with van der Waals surface area (Å²) in [6.45, 7) is 3.16. The third-order valence-electron chi connectivity index (χ3n) is 3.27. The van der Waals surface area contributed by atoms with Crippen LogP contribution in [0.2, 0.25) is 0 Å². The van der Waals surface area contributed by atoms with Gasteiger partial charge in [-0.2, -0.15) is 0 Å². The summed E-state index contributed by atoms with van der Waals surface area (Å²) in [6, 6.07) is -0.00926. The molecule has 1 unspecified atom stereocenters. The van der Waals surface area contributed by atoms with Gasteiger partial charge in [0.2, 0.25) is 5.95 Å². The van der Waals surface area contributed by atoms with Crippen molar-refractivity contribution >= 4 is 15.8 Å². The number of aryl methyl sites for hydroxylation is 1. The van der Waals surface area contributed by atoms with E-state index < -0.39 is 9.84 Å². The van der Waals surface area contributed by atoms with Crippen LogP contribution in [0.25, 0.3) is 0 Å². The number of nitrogens with one attached hydrogen (secondary N) is 1. The Morgan fingerprint density at radius 2 is 2.37 bits per heavy atom. The highest BCUT2D eigenvalue weighted by atomic mass is 32.2. The summed E-state index contributed by atoms with van der Waals surface area (Å²) in [6.07, 6.45) is 3.52. The van der Waals surface area contributed by atoms with Gasteiger partial charge in [0.15, 0.2) is 9.84 Å². The summed E-state index contributed by atoms with van der Waals surface area (Å²) in [4.78, 5) is 4.41. The van der Waals surface area contributed by atoms with Crippen molar-refractivity contribution in [3.05, 3.63) is 11.9 Å². The van der Waals surface area contributed by atoms with Gasteiger partial charge < -0.3 is 14.6 Å². The molecule has 0 amide bonds. The van der Waals surface area contributed by atoms with Crippen molar-refractivity contribution < 1.29 is 13.2 Å². The minimum absolute atomic E-state index is 0.00926. The Hall–Kier alpha value is -1.08. The highest BCUT2D eigenvalue weighted by Gasteiger charge is 2.27. The molecule has 0 spiro atoms. The molecule has 108 valence electrons. The first-order chi connectivity index (χ1) is 9.02. The van der Waals surface area contributed by atoms with Crippen LogP contribution in [0.15, 0.2) is 6.20 Å².